The fraction of sp³-hybridized carbons (Fsp3) is 0.500. The van der Waals surface area contributed by atoms with Crippen molar-refractivity contribution in [3.05, 3.63) is 84.4 Å². The number of rotatable bonds is 9. The van der Waals surface area contributed by atoms with Crippen molar-refractivity contribution >= 4 is 50.2 Å². The number of nitrogens with one attached hydrogen (secondary N) is 1. The van der Waals surface area contributed by atoms with Crippen LogP contribution in [0.15, 0.2) is 72.8 Å². The van der Waals surface area contributed by atoms with Crippen molar-refractivity contribution in [1.82, 2.24) is 4.90 Å². The molecule has 1 N–H and O–H groups in total. The van der Waals surface area contributed by atoms with Crippen LogP contribution < -0.4 is 19.7 Å². The van der Waals surface area contributed by atoms with E-state index < -0.39 is 18.4 Å². The molecular formula is C38H51AuClFN3O4PS. The van der Waals surface area contributed by atoms with E-state index in [2.05, 4.69) is 68.0 Å². The zero-order valence-electron chi connectivity index (χ0n) is 29.1. The van der Waals surface area contributed by atoms with Gasteiger partial charge in [-0.15, -0.1) is 0 Å². The Hall–Kier alpha value is -2.13. The van der Waals surface area contributed by atoms with E-state index in [4.69, 9.17) is 0 Å². The third kappa shape index (κ3) is 12.5. The number of benzene rings is 3. The Morgan fingerprint density at radius 3 is 2.08 bits per heavy atom. The first-order valence-corrected chi connectivity index (χ1v) is 23.3. The Balaban J connectivity index is 0.000000217. The van der Waals surface area contributed by atoms with E-state index in [1.807, 2.05) is 24.3 Å². The van der Waals surface area contributed by atoms with Crippen molar-refractivity contribution < 1.29 is 41.3 Å². The summed E-state index contributed by atoms with van der Waals surface area (Å²) in [6.45, 7) is 1.14. The van der Waals surface area contributed by atoms with Gasteiger partial charge in [0.05, 0.1) is 17.0 Å². The second-order valence-corrected chi connectivity index (χ2v) is 17.6. The molecule has 3 fully saturated rings. The van der Waals surface area contributed by atoms with Gasteiger partial charge in [0.25, 0.3) is 5.91 Å². The quantitative estimate of drug-likeness (QED) is 0.100. The number of para-hydroxylation sites is 1. The molecule has 2 saturated carbocycles. The molecule has 1 aliphatic heterocycles. The Bertz CT molecular complexity index is 1550. The maximum atomic E-state index is 12.6. The van der Waals surface area contributed by atoms with Crippen LogP contribution in [0.5, 0.6) is 5.75 Å². The van der Waals surface area contributed by atoms with Crippen molar-refractivity contribution in [1.29, 1.82) is 0 Å². The van der Waals surface area contributed by atoms with Crippen molar-refractivity contribution in [2.45, 2.75) is 94.4 Å². The molecule has 278 valence electrons. The molecule has 0 spiro atoms. The first-order chi connectivity index (χ1) is 24.2. The van der Waals surface area contributed by atoms with Crippen molar-refractivity contribution in [2.75, 3.05) is 37.4 Å². The minimum atomic E-state index is -5.12. The molecule has 1 amide bonds. The van der Waals surface area contributed by atoms with Gasteiger partial charge in [-0.1, -0.05) is 40.6 Å². The topological polar surface area (TPSA) is 79.0 Å². The number of likely N-dealkylation sites (tertiary alicyclic amines) is 1. The summed E-state index contributed by atoms with van der Waals surface area (Å²) in [4.78, 5) is 16.6. The van der Waals surface area contributed by atoms with Gasteiger partial charge in [-0.2, -0.15) is 38.7 Å². The Labute approximate surface area is 316 Å². The molecular weight excluding hydrogens is 877 g/mol. The fourth-order valence-electron chi connectivity index (χ4n) is 7.63. The van der Waals surface area contributed by atoms with Crippen LogP contribution in [0.4, 0.5) is 15.3 Å². The molecule has 12 heteroatoms. The number of anilines is 2. The number of carbonyl (C=O) groups is 1. The Kier molecular flexibility index (Phi) is 16.9. The molecule has 0 unspecified atom stereocenters. The molecule has 1 heterocycles. The SMILES string of the molecule is CN(C)c1ccccc1[PH+](C1CCCCC1)C1CCCCC1.O=C(c1cccc(OS(=O)(=O)F)c1)N1CCC(Nc2c[c-]ccc2)CC1.[Cl][Au]. The zero-order valence-corrected chi connectivity index (χ0v) is 33.8. The second kappa shape index (κ2) is 20.8. The molecule has 0 aromatic heterocycles. The third-order valence-electron chi connectivity index (χ3n) is 9.92. The molecule has 0 bridgehead atoms. The second-order valence-electron chi connectivity index (χ2n) is 13.5. The van der Waals surface area contributed by atoms with E-state index in [-0.39, 0.29) is 23.3 Å². The van der Waals surface area contributed by atoms with Crippen molar-refractivity contribution in [3.8, 4) is 5.75 Å². The van der Waals surface area contributed by atoms with E-state index in [0.717, 1.165) is 29.8 Å². The van der Waals surface area contributed by atoms with Gasteiger partial charge in [0.15, 0.2) is 0 Å². The third-order valence-corrected chi connectivity index (χ3v) is 14.3. The van der Waals surface area contributed by atoms with Gasteiger partial charge in [-0.25, -0.2) is 0 Å². The minimum absolute atomic E-state index is 0.227. The van der Waals surface area contributed by atoms with Crippen molar-refractivity contribution in [2.24, 2.45) is 0 Å². The summed E-state index contributed by atoms with van der Waals surface area (Å²) in [7, 11) is 3.47. The first kappa shape index (κ1) is 40.6. The Morgan fingerprint density at radius 2 is 1.52 bits per heavy atom. The number of halogens is 2. The van der Waals surface area contributed by atoms with Crippen LogP contribution in [-0.4, -0.2) is 63.8 Å². The molecule has 3 aliphatic rings. The van der Waals surface area contributed by atoms with Gasteiger partial charge in [0.2, 0.25) is 0 Å². The van der Waals surface area contributed by atoms with Gasteiger partial charge in [-0.05, 0) is 94.5 Å². The van der Waals surface area contributed by atoms with Crippen LogP contribution >= 0.6 is 17.1 Å². The molecule has 50 heavy (non-hydrogen) atoms. The Morgan fingerprint density at radius 1 is 0.900 bits per heavy atom. The average molecular weight is 928 g/mol. The zero-order chi connectivity index (χ0) is 35.9. The summed E-state index contributed by atoms with van der Waals surface area (Å²) in [6.07, 6.45) is 16.5. The molecule has 0 radical (unpaired) electrons. The standard InChI is InChI=1S/C20H32NP.C18H18FN2O4S.Au.ClH/c1-21(2)19-15-9-10-16-20(19)22(17-11-5-3-6-12-17)18-13-7-4-8-14-18;19-26(23,24)25-17-8-4-5-14(13-17)18(22)21-11-9-16(10-12-21)20-15-6-2-1-3-7-15;;/h9-10,15-18H,3-8,11-14H2,1-2H3;1-2,4-8,13,16,20H,9-12H2;;1H/q;-1;+1;. The molecule has 2 aliphatic carbocycles. The van der Waals surface area contributed by atoms with E-state index in [9.17, 15) is 17.1 Å². The van der Waals surface area contributed by atoms with Crippen LogP contribution in [0.2, 0.25) is 0 Å². The number of hydrogen-bond acceptors (Lipinski definition) is 6. The molecule has 1 saturated heterocycles. The van der Waals surface area contributed by atoms with Crippen LogP contribution in [0.25, 0.3) is 0 Å². The monoisotopic (exact) mass is 927 g/mol. The van der Waals surface area contributed by atoms with Crippen LogP contribution in [0.1, 0.15) is 87.4 Å². The summed E-state index contributed by atoms with van der Waals surface area (Å²) in [5.41, 5.74) is 4.82. The summed E-state index contributed by atoms with van der Waals surface area (Å²) in [5, 5.41) is 5.16. The predicted octanol–water partition coefficient (Wildman–Crippen LogP) is 8.74. The van der Waals surface area contributed by atoms with E-state index in [1.54, 1.807) is 36.3 Å². The van der Waals surface area contributed by atoms with Gasteiger partial charge in [0.1, 0.15) is 11.1 Å². The number of nitrogens with zero attached hydrogens (tertiary/aromatic N) is 2. The van der Waals surface area contributed by atoms with E-state index >= 15 is 0 Å². The number of amides is 1. The van der Waals surface area contributed by atoms with Gasteiger partial charge >= 0.3 is 39.7 Å². The fourth-order valence-corrected chi connectivity index (χ4v) is 12.5. The van der Waals surface area contributed by atoms with Crippen LogP contribution in [0.3, 0.4) is 0 Å². The van der Waals surface area contributed by atoms with E-state index in [0.29, 0.717) is 13.1 Å². The summed E-state index contributed by atoms with van der Waals surface area (Å²) in [5.74, 6) is -0.464. The number of carbonyl (C=O) groups excluding carboxylic acids is 1. The van der Waals surface area contributed by atoms with Crippen molar-refractivity contribution in [3.63, 3.8) is 0 Å². The predicted molar refractivity (Wildman–Crippen MR) is 203 cm³/mol. The average Bonchev–Trinajstić information content (AvgIpc) is 3.14. The molecule has 7 nitrogen and oxygen atoms in total. The van der Waals surface area contributed by atoms with E-state index in [1.165, 1.54) is 88.1 Å². The summed E-state index contributed by atoms with van der Waals surface area (Å²) < 4.78 is 38.0. The first-order valence-electron chi connectivity index (χ1n) is 17.7. The van der Waals surface area contributed by atoms with Gasteiger partial charge in [0, 0.05) is 46.7 Å². The maximum absolute atomic E-state index is 12.6. The van der Waals surface area contributed by atoms with Gasteiger partial charge in [-0.3, -0.25) is 4.79 Å². The molecule has 3 aromatic rings. The molecule has 0 atom stereocenters. The van der Waals surface area contributed by atoms with Gasteiger partial charge < -0.3 is 19.3 Å². The van der Waals surface area contributed by atoms with Crippen LogP contribution in [-0.2, 0) is 30.5 Å². The normalized spacial score (nSPS) is 17.5. The summed E-state index contributed by atoms with van der Waals surface area (Å²) in [6, 6.07) is 25.7. The number of piperidine rings is 1. The number of hydrogen-bond donors (Lipinski definition) is 1. The molecule has 6 rings (SSSR count). The molecule has 3 aromatic carbocycles. The summed E-state index contributed by atoms with van der Waals surface area (Å²) >= 11 is 1.75. The van der Waals surface area contributed by atoms with Crippen LogP contribution in [0, 0.1) is 6.07 Å².